The normalized spacial score (nSPS) is 9.20. The Morgan fingerprint density at radius 2 is 1.73 bits per heavy atom. The fourth-order valence-corrected chi connectivity index (χ4v) is 0.288. The van der Waals surface area contributed by atoms with Crippen molar-refractivity contribution in [3.8, 4) is 0 Å². The Morgan fingerprint density at radius 1 is 1.40 bits per heavy atom. The van der Waals surface area contributed by atoms with Gasteiger partial charge in [-0.05, 0) is 6.92 Å². The minimum Gasteiger partial charge on any atom is -0.465 e. The standard InChI is InChI=1S/C7H11O2.Na.H4O4Si/c1-4-5-9-7(8)6(2)3;;1-5(2,3)4/h1-2,4-5H2,3H3;;1-4H/q-1;+1;. The molecule has 0 rings (SSSR count). The largest absolute Gasteiger partial charge is 1.00 e. The topological polar surface area (TPSA) is 107 Å². The van der Waals surface area contributed by atoms with Gasteiger partial charge in [-0.15, -0.1) is 6.42 Å². The first-order valence-corrected chi connectivity index (χ1v) is 5.48. The molecule has 0 spiro atoms. The third-order valence-corrected chi connectivity index (χ3v) is 0.726. The SMILES string of the molecule is C=C(C)C(=O)OCC[CH2-].O[Si](O)(O)O.[Na+]. The molecule has 6 nitrogen and oxygen atoms in total. The van der Waals surface area contributed by atoms with Crippen molar-refractivity contribution in [3.63, 3.8) is 0 Å². The van der Waals surface area contributed by atoms with Gasteiger partial charge in [-0.25, -0.2) is 4.79 Å². The van der Waals surface area contributed by atoms with Crippen LogP contribution in [0.25, 0.3) is 0 Å². The van der Waals surface area contributed by atoms with Crippen LogP contribution in [-0.2, 0) is 9.53 Å². The van der Waals surface area contributed by atoms with Gasteiger partial charge in [-0.1, -0.05) is 6.58 Å². The molecular formula is C7H15NaO6Si. The molecule has 0 amide bonds. The molecular weight excluding hydrogens is 231 g/mol. The summed E-state index contributed by atoms with van der Waals surface area (Å²) in [6.45, 7) is 8.92. The van der Waals surface area contributed by atoms with Crippen LogP contribution in [0, 0.1) is 6.92 Å². The fraction of sp³-hybridized carbons (Fsp3) is 0.429. The second-order valence-corrected chi connectivity index (χ2v) is 3.57. The molecule has 15 heavy (non-hydrogen) atoms. The Balaban J connectivity index is -0.000000208. The van der Waals surface area contributed by atoms with Gasteiger partial charge in [-0.2, -0.15) is 0 Å². The Kier molecular flexibility index (Phi) is 14.8. The van der Waals surface area contributed by atoms with Crippen LogP contribution in [0.3, 0.4) is 0 Å². The predicted molar refractivity (Wildman–Crippen MR) is 50.4 cm³/mol. The van der Waals surface area contributed by atoms with Gasteiger partial charge in [0.2, 0.25) is 0 Å². The van der Waals surface area contributed by atoms with Gasteiger partial charge in [0.05, 0.1) is 6.61 Å². The molecule has 0 aliphatic heterocycles. The summed E-state index contributed by atoms with van der Waals surface area (Å²) in [6.07, 6.45) is 0.610. The quantitative estimate of drug-likeness (QED) is 0.174. The molecule has 4 N–H and O–H groups in total. The van der Waals surface area contributed by atoms with Gasteiger partial charge in [0, 0.05) is 5.57 Å². The van der Waals surface area contributed by atoms with E-state index in [1.807, 2.05) is 0 Å². The molecule has 0 bridgehead atoms. The van der Waals surface area contributed by atoms with Crippen molar-refractivity contribution < 1.29 is 58.3 Å². The van der Waals surface area contributed by atoms with Crippen LogP contribution in [0.4, 0.5) is 0 Å². The van der Waals surface area contributed by atoms with Gasteiger partial charge >= 0.3 is 44.6 Å². The van der Waals surface area contributed by atoms with Gasteiger partial charge < -0.3 is 30.8 Å². The molecule has 0 heterocycles. The summed E-state index contributed by atoms with van der Waals surface area (Å²) in [7, 11) is -4.61. The average Bonchev–Trinajstić information content (AvgIpc) is 1.96. The maximum Gasteiger partial charge on any atom is 1.00 e. The fourth-order valence-electron chi connectivity index (χ4n) is 0.288. The van der Waals surface area contributed by atoms with Crippen molar-refractivity contribution in [2.24, 2.45) is 0 Å². The average molecular weight is 246 g/mol. The minimum absolute atomic E-state index is 0. The minimum atomic E-state index is -4.61. The first-order chi connectivity index (χ1) is 6.18. The zero-order valence-corrected chi connectivity index (χ0v) is 11.9. The Bertz CT molecular complexity index is 184. The van der Waals surface area contributed by atoms with Crippen LogP contribution in [0.2, 0.25) is 0 Å². The summed E-state index contributed by atoms with van der Waals surface area (Å²) < 4.78 is 4.65. The third-order valence-electron chi connectivity index (χ3n) is 0.726. The van der Waals surface area contributed by atoms with Crippen LogP contribution < -0.4 is 29.6 Å². The van der Waals surface area contributed by atoms with E-state index < -0.39 is 9.05 Å². The zero-order valence-electron chi connectivity index (χ0n) is 8.93. The number of hydrogen-bond acceptors (Lipinski definition) is 6. The van der Waals surface area contributed by atoms with E-state index in [1.165, 1.54) is 0 Å². The van der Waals surface area contributed by atoms with E-state index in [1.54, 1.807) is 6.92 Å². The number of carbonyl (C=O) groups excluding carboxylic acids is 1. The van der Waals surface area contributed by atoms with E-state index in [2.05, 4.69) is 18.2 Å². The van der Waals surface area contributed by atoms with E-state index in [4.69, 9.17) is 19.2 Å². The van der Waals surface area contributed by atoms with Crippen LogP contribution in [0.1, 0.15) is 13.3 Å². The van der Waals surface area contributed by atoms with Crippen molar-refractivity contribution in [2.75, 3.05) is 6.61 Å². The summed E-state index contributed by atoms with van der Waals surface area (Å²) in [5.74, 6) is -0.335. The predicted octanol–water partition coefficient (Wildman–Crippen LogP) is -4.27. The molecule has 0 aliphatic carbocycles. The van der Waals surface area contributed by atoms with Crippen molar-refractivity contribution in [3.05, 3.63) is 19.1 Å². The van der Waals surface area contributed by atoms with E-state index in [9.17, 15) is 4.79 Å². The first kappa shape index (κ1) is 20.7. The molecule has 0 aromatic carbocycles. The van der Waals surface area contributed by atoms with Gasteiger partial charge in [0.15, 0.2) is 0 Å². The van der Waals surface area contributed by atoms with Gasteiger partial charge in [-0.3, -0.25) is 0 Å². The van der Waals surface area contributed by atoms with Gasteiger partial charge in [0.25, 0.3) is 0 Å². The second-order valence-electron chi connectivity index (χ2n) is 2.37. The number of ether oxygens (including phenoxy) is 1. The smallest absolute Gasteiger partial charge is 0.465 e. The Labute approximate surface area is 112 Å². The van der Waals surface area contributed by atoms with Crippen molar-refractivity contribution in [2.45, 2.75) is 13.3 Å². The number of esters is 1. The van der Waals surface area contributed by atoms with Crippen molar-refractivity contribution in [1.29, 1.82) is 0 Å². The van der Waals surface area contributed by atoms with Gasteiger partial charge in [0.1, 0.15) is 0 Å². The molecule has 0 aliphatic rings. The molecule has 0 atom stereocenters. The molecule has 84 valence electrons. The summed E-state index contributed by atoms with van der Waals surface area (Å²) >= 11 is 0. The maximum absolute atomic E-state index is 10.6. The molecule has 0 radical (unpaired) electrons. The van der Waals surface area contributed by atoms with Crippen LogP contribution in [-0.4, -0.2) is 40.8 Å². The second kappa shape index (κ2) is 10.8. The molecule has 0 saturated carbocycles. The molecule has 0 saturated heterocycles. The van der Waals surface area contributed by atoms with Crippen LogP contribution in [0.15, 0.2) is 12.2 Å². The van der Waals surface area contributed by atoms with E-state index in [0.717, 1.165) is 0 Å². The van der Waals surface area contributed by atoms with E-state index in [-0.39, 0.29) is 35.5 Å². The van der Waals surface area contributed by atoms with Crippen LogP contribution in [0.5, 0.6) is 0 Å². The summed E-state index contributed by atoms with van der Waals surface area (Å²) in [6, 6.07) is 0. The molecule has 0 fully saturated rings. The third kappa shape index (κ3) is 31.4. The number of carbonyl (C=O) groups is 1. The molecule has 0 aromatic heterocycles. The Morgan fingerprint density at radius 3 is 1.93 bits per heavy atom. The number of hydrogen-bond donors (Lipinski definition) is 4. The van der Waals surface area contributed by atoms with Crippen LogP contribution >= 0.6 is 0 Å². The zero-order chi connectivity index (χ0) is 11.8. The monoisotopic (exact) mass is 246 g/mol. The van der Waals surface area contributed by atoms with Crippen molar-refractivity contribution >= 4 is 15.0 Å². The number of rotatable bonds is 3. The van der Waals surface area contributed by atoms with Crippen molar-refractivity contribution in [1.82, 2.24) is 0 Å². The van der Waals surface area contributed by atoms with E-state index >= 15 is 0 Å². The Hall–Kier alpha value is 0.267. The summed E-state index contributed by atoms with van der Waals surface area (Å²) in [5, 5.41) is 0. The molecule has 0 unspecified atom stereocenters. The molecule has 8 heteroatoms. The summed E-state index contributed by atoms with van der Waals surface area (Å²) in [5.41, 5.74) is 0.434. The maximum atomic E-state index is 10.6. The first-order valence-electron chi connectivity index (χ1n) is 3.69. The molecule has 0 aromatic rings. The van der Waals surface area contributed by atoms with E-state index in [0.29, 0.717) is 18.6 Å². The summed E-state index contributed by atoms with van der Waals surface area (Å²) in [4.78, 5) is 39.9.